The summed E-state index contributed by atoms with van der Waals surface area (Å²) in [4.78, 5) is 10.4. The van der Waals surface area contributed by atoms with E-state index in [-0.39, 0.29) is 0 Å². The Labute approximate surface area is 90.1 Å². The van der Waals surface area contributed by atoms with E-state index in [1.807, 2.05) is 0 Å². The van der Waals surface area contributed by atoms with E-state index in [1.165, 1.54) is 12.8 Å². The molecule has 0 aliphatic heterocycles. The minimum absolute atomic E-state index is 0.449. The summed E-state index contributed by atoms with van der Waals surface area (Å²) in [5, 5.41) is 0.449. The summed E-state index contributed by atoms with van der Waals surface area (Å²) in [6, 6.07) is 0. The molecule has 1 aromatic rings. The molecule has 0 N–H and O–H groups in total. The van der Waals surface area contributed by atoms with E-state index < -0.39 is 0 Å². The zero-order valence-electron chi connectivity index (χ0n) is 8.70. The molecule has 0 aliphatic carbocycles. The Morgan fingerprint density at radius 1 is 1.36 bits per heavy atom. The fraction of sp³-hybridized carbons (Fsp3) is 0.600. The molecule has 0 bridgehead atoms. The van der Waals surface area contributed by atoms with Crippen LogP contribution in [-0.4, -0.2) is 28.5 Å². The molecular formula is C10H16ClN3. The molecule has 0 fully saturated rings. The highest BCUT2D eigenvalue weighted by molar-refractivity contribution is 6.29. The molecule has 1 heterocycles. The lowest BCUT2D eigenvalue weighted by Gasteiger charge is -2.14. The van der Waals surface area contributed by atoms with Crippen molar-refractivity contribution in [2.75, 3.05) is 13.6 Å². The van der Waals surface area contributed by atoms with Gasteiger partial charge in [0.25, 0.3) is 0 Å². The largest absolute Gasteiger partial charge is 0.300 e. The van der Waals surface area contributed by atoms with Crippen LogP contribution in [0.25, 0.3) is 0 Å². The number of halogens is 1. The first-order valence-electron chi connectivity index (χ1n) is 4.87. The van der Waals surface area contributed by atoms with Gasteiger partial charge in [-0.3, -0.25) is 4.98 Å². The molecule has 0 saturated heterocycles. The molecule has 0 radical (unpaired) electrons. The van der Waals surface area contributed by atoms with Crippen LogP contribution >= 0.6 is 11.6 Å². The van der Waals surface area contributed by atoms with Gasteiger partial charge in [-0.1, -0.05) is 24.9 Å². The summed E-state index contributed by atoms with van der Waals surface area (Å²) >= 11 is 5.64. The van der Waals surface area contributed by atoms with Crippen molar-refractivity contribution >= 4 is 11.6 Å². The maximum absolute atomic E-state index is 5.64. The van der Waals surface area contributed by atoms with Gasteiger partial charge in [-0.05, 0) is 20.0 Å². The topological polar surface area (TPSA) is 29.0 Å². The molecule has 1 aromatic heterocycles. The molecule has 0 saturated carbocycles. The standard InChI is InChI=1S/C10H16ClN3/c1-3-4-5-14(2)8-9-6-13-10(11)7-12-9/h6-7H,3-5,8H2,1-2H3. The Hall–Kier alpha value is -0.670. The van der Waals surface area contributed by atoms with Crippen molar-refractivity contribution < 1.29 is 0 Å². The molecular weight excluding hydrogens is 198 g/mol. The molecule has 0 amide bonds. The van der Waals surface area contributed by atoms with Crippen LogP contribution in [0.4, 0.5) is 0 Å². The Morgan fingerprint density at radius 2 is 2.14 bits per heavy atom. The summed E-state index contributed by atoms with van der Waals surface area (Å²) < 4.78 is 0. The third-order valence-electron chi connectivity index (χ3n) is 2.00. The van der Waals surface area contributed by atoms with Gasteiger partial charge in [-0.2, -0.15) is 0 Å². The van der Waals surface area contributed by atoms with Crippen LogP contribution in [0, 0.1) is 0 Å². The van der Waals surface area contributed by atoms with E-state index in [4.69, 9.17) is 11.6 Å². The highest BCUT2D eigenvalue weighted by atomic mass is 35.5. The monoisotopic (exact) mass is 213 g/mol. The molecule has 0 aromatic carbocycles. The normalized spacial score (nSPS) is 10.9. The van der Waals surface area contributed by atoms with Crippen molar-refractivity contribution in [3.8, 4) is 0 Å². The Balaban J connectivity index is 2.39. The summed E-state index contributed by atoms with van der Waals surface area (Å²) in [5.74, 6) is 0. The summed E-state index contributed by atoms with van der Waals surface area (Å²) in [6.45, 7) is 4.13. The van der Waals surface area contributed by atoms with Crippen LogP contribution < -0.4 is 0 Å². The predicted octanol–water partition coefficient (Wildman–Crippen LogP) is 2.36. The lowest BCUT2D eigenvalue weighted by molar-refractivity contribution is 0.316. The van der Waals surface area contributed by atoms with Gasteiger partial charge in [0.1, 0.15) is 5.15 Å². The molecule has 0 unspecified atom stereocenters. The highest BCUT2D eigenvalue weighted by Gasteiger charge is 2.01. The smallest absolute Gasteiger partial charge is 0.147 e. The van der Waals surface area contributed by atoms with Gasteiger partial charge in [-0.25, -0.2) is 4.98 Å². The van der Waals surface area contributed by atoms with Crippen molar-refractivity contribution in [1.29, 1.82) is 0 Å². The Kier molecular flexibility index (Phi) is 4.84. The second-order valence-corrected chi connectivity index (χ2v) is 3.81. The second-order valence-electron chi connectivity index (χ2n) is 3.42. The number of hydrogen-bond donors (Lipinski definition) is 0. The summed E-state index contributed by atoms with van der Waals surface area (Å²) in [6.07, 6.45) is 5.75. The zero-order chi connectivity index (χ0) is 10.4. The van der Waals surface area contributed by atoms with Gasteiger partial charge in [0.05, 0.1) is 18.1 Å². The summed E-state index contributed by atoms with van der Waals surface area (Å²) in [7, 11) is 2.09. The van der Waals surface area contributed by atoms with Crippen LogP contribution in [0.2, 0.25) is 5.15 Å². The maximum atomic E-state index is 5.64. The van der Waals surface area contributed by atoms with Crippen LogP contribution in [-0.2, 0) is 6.54 Å². The molecule has 78 valence electrons. The fourth-order valence-electron chi connectivity index (χ4n) is 1.20. The zero-order valence-corrected chi connectivity index (χ0v) is 9.46. The predicted molar refractivity (Wildman–Crippen MR) is 58.3 cm³/mol. The number of unbranched alkanes of at least 4 members (excludes halogenated alkanes) is 1. The van der Waals surface area contributed by atoms with E-state index in [2.05, 4.69) is 28.8 Å². The highest BCUT2D eigenvalue weighted by Crippen LogP contribution is 2.03. The number of nitrogens with zero attached hydrogens (tertiary/aromatic N) is 3. The van der Waals surface area contributed by atoms with Gasteiger partial charge < -0.3 is 4.90 Å². The molecule has 1 rings (SSSR count). The summed E-state index contributed by atoms with van der Waals surface area (Å²) in [5.41, 5.74) is 0.966. The van der Waals surface area contributed by atoms with Crippen LogP contribution in [0.1, 0.15) is 25.5 Å². The number of rotatable bonds is 5. The lowest BCUT2D eigenvalue weighted by atomic mass is 10.3. The number of hydrogen-bond acceptors (Lipinski definition) is 3. The quantitative estimate of drug-likeness (QED) is 0.752. The van der Waals surface area contributed by atoms with Crippen molar-refractivity contribution in [2.45, 2.75) is 26.3 Å². The SMILES string of the molecule is CCCCN(C)Cc1cnc(Cl)cn1. The van der Waals surface area contributed by atoms with Crippen LogP contribution in [0.5, 0.6) is 0 Å². The minimum atomic E-state index is 0.449. The van der Waals surface area contributed by atoms with Gasteiger partial charge in [0.2, 0.25) is 0 Å². The van der Waals surface area contributed by atoms with Crippen LogP contribution in [0.15, 0.2) is 12.4 Å². The Morgan fingerprint density at radius 3 is 2.71 bits per heavy atom. The molecule has 0 atom stereocenters. The van der Waals surface area contributed by atoms with Crippen molar-refractivity contribution in [3.63, 3.8) is 0 Å². The second kappa shape index (κ2) is 5.94. The van der Waals surface area contributed by atoms with Crippen molar-refractivity contribution in [2.24, 2.45) is 0 Å². The van der Waals surface area contributed by atoms with E-state index in [9.17, 15) is 0 Å². The fourth-order valence-corrected chi connectivity index (χ4v) is 1.30. The maximum Gasteiger partial charge on any atom is 0.147 e. The van der Waals surface area contributed by atoms with Crippen molar-refractivity contribution in [1.82, 2.24) is 14.9 Å². The molecule has 14 heavy (non-hydrogen) atoms. The molecule has 0 aliphatic rings. The third kappa shape index (κ3) is 4.03. The van der Waals surface area contributed by atoms with E-state index in [0.717, 1.165) is 18.8 Å². The van der Waals surface area contributed by atoms with E-state index in [1.54, 1.807) is 12.4 Å². The van der Waals surface area contributed by atoms with Gasteiger partial charge in [0, 0.05) is 6.54 Å². The minimum Gasteiger partial charge on any atom is -0.300 e. The molecule has 3 nitrogen and oxygen atoms in total. The first-order chi connectivity index (χ1) is 6.72. The first-order valence-corrected chi connectivity index (χ1v) is 5.25. The first kappa shape index (κ1) is 11.4. The third-order valence-corrected chi connectivity index (χ3v) is 2.19. The van der Waals surface area contributed by atoms with Gasteiger partial charge >= 0.3 is 0 Å². The van der Waals surface area contributed by atoms with Crippen molar-refractivity contribution in [3.05, 3.63) is 23.2 Å². The Bertz CT molecular complexity index is 261. The lowest BCUT2D eigenvalue weighted by Crippen LogP contribution is -2.19. The number of aromatic nitrogens is 2. The molecule has 4 heteroatoms. The van der Waals surface area contributed by atoms with Gasteiger partial charge in [-0.15, -0.1) is 0 Å². The average molecular weight is 214 g/mol. The van der Waals surface area contributed by atoms with Crippen LogP contribution in [0.3, 0.4) is 0 Å². The van der Waals surface area contributed by atoms with Gasteiger partial charge in [0.15, 0.2) is 0 Å². The van der Waals surface area contributed by atoms with E-state index >= 15 is 0 Å². The van der Waals surface area contributed by atoms with E-state index in [0.29, 0.717) is 5.15 Å². The average Bonchev–Trinajstić information content (AvgIpc) is 2.18. The molecule has 0 spiro atoms.